The number of ether oxygens (including phenoxy) is 2. The summed E-state index contributed by atoms with van der Waals surface area (Å²) in [6.45, 7) is 0.846. The molecular formula is C14H13N3O2S. The van der Waals surface area contributed by atoms with Gasteiger partial charge < -0.3 is 20.1 Å². The van der Waals surface area contributed by atoms with E-state index in [0.717, 1.165) is 22.9 Å². The van der Waals surface area contributed by atoms with E-state index in [1.54, 1.807) is 6.20 Å². The lowest BCUT2D eigenvalue weighted by Crippen LogP contribution is -2.28. The maximum absolute atomic E-state index is 5.31. The van der Waals surface area contributed by atoms with Gasteiger partial charge in [0, 0.05) is 18.0 Å². The Labute approximate surface area is 121 Å². The molecule has 1 aliphatic heterocycles. The summed E-state index contributed by atoms with van der Waals surface area (Å²) >= 11 is 5.24. The second kappa shape index (κ2) is 5.75. The van der Waals surface area contributed by atoms with Crippen molar-refractivity contribution in [3.63, 3.8) is 0 Å². The molecule has 0 radical (unpaired) electrons. The van der Waals surface area contributed by atoms with Gasteiger partial charge >= 0.3 is 0 Å². The largest absolute Gasteiger partial charge is 0.454 e. The third-order valence-electron chi connectivity index (χ3n) is 2.79. The molecule has 3 rings (SSSR count). The van der Waals surface area contributed by atoms with E-state index in [-0.39, 0.29) is 6.79 Å². The van der Waals surface area contributed by atoms with E-state index in [9.17, 15) is 0 Å². The monoisotopic (exact) mass is 287 g/mol. The minimum Gasteiger partial charge on any atom is -0.454 e. The molecule has 1 aromatic carbocycles. The molecule has 102 valence electrons. The number of fused-ring (bicyclic) bond motifs is 1. The fourth-order valence-corrected chi connectivity index (χ4v) is 2.01. The lowest BCUT2D eigenvalue weighted by molar-refractivity contribution is 0.174. The first kappa shape index (κ1) is 12.7. The molecule has 5 nitrogen and oxygen atoms in total. The number of hydrogen-bond donors (Lipinski definition) is 2. The third kappa shape index (κ3) is 2.97. The van der Waals surface area contributed by atoms with E-state index in [4.69, 9.17) is 21.7 Å². The van der Waals surface area contributed by atoms with E-state index in [0.29, 0.717) is 11.7 Å². The molecule has 2 N–H and O–H groups in total. The van der Waals surface area contributed by atoms with Crippen molar-refractivity contribution < 1.29 is 9.47 Å². The van der Waals surface area contributed by atoms with Gasteiger partial charge in [0.15, 0.2) is 16.6 Å². The van der Waals surface area contributed by atoms with E-state index in [2.05, 4.69) is 15.6 Å². The molecular weight excluding hydrogens is 274 g/mol. The van der Waals surface area contributed by atoms with Crippen LogP contribution < -0.4 is 20.1 Å². The molecule has 6 heteroatoms. The van der Waals surface area contributed by atoms with Crippen molar-refractivity contribution in [1.82, 2.24) is 10.3 Å². The van der Waals surface area contributed by atoms with Gasteiger partial charge in [-0.25, -0.2) is 0 Å². The molecule has 1 aromatic heterocycles. The maximum atomic E-state index is 5.31. The van der Waals surface area contributed by atoms with Gasteiger partial charge in [-0.3, -0.25) is 4.98 Å². The van der Waals surface area contributed by atoms with Gasteiger partial charge in [0.05, 0.1) is 12.2 Å². The Morgan fingerprint density at radius 2 is 2.10 bits per heavy atom. The van der Waals surface area contributed by atoms with Gasteiger partial charge in [0.25, 0.3) is 0 Å². The lowest BCUT2D eigenvalue weighted by Gasteiger charge is -2.10. The summed E-state index contributed by atoms with van der Waals surface area (Å²) in [5.74, 6) is 1.48. The number of rotatable bonds is 3. The predicted molar refractivity (Wildman–Crippen MR) is 79.9 cm³/mol. The third-order valence-corrected chi connectivity index (χ3v) is 3.03. The molecule has 0 fully saturated rings. The van der Waals surface area contributed by atoms with Crippen molar-refractivity contribution in [3.05, 3.63) is 48.3 Å². The Balaban J connectivity index is 1.56. The van der Waals surface area contributed by atoms with Crippen LogP contribution in [-0.2, 0) is 6.54 Å². The Hall–Kier alpha value is -2.34. The topological polar surface area (TPSA) is 55.4 Å². The molecule has 20 heavy (non-hydrogen) atoms. The average molecular weight is 287 g/mol. The van der Waals surface area contributed by atoms with Crippen LogP contribution in [0.2, 0.25) is 0 Å². The molecule has 0 spiro atoms. The standard InChI is InChI=1S/C14H13N3O2S/c20-14(16-8-11-3-1-2-6-15-11)17-10-4-5-12-13(7-10)19-9-18-12/h1-7H,8-9H2,(H2,16,17,20). The zero-order valence-corrected chi connectivity index (χ0v) is 11.4. The summed E-state index contributed by atoms with van der Waals surface area (Å²) in [6.07, 6.45) is 1.76. The molecule has 2 heterocycles. The molecule has 0 saturated carbocycles. The normalized spacial score (nSPS) is 12.0. The zero-order valence-electron chi connectivity index (χ0n) is 10.6. The molecule has 0 bridgehead atoms. The van der Waals surface area contributed by atoms with E-state index >= 15 is 0 Å². The highest BCUT2D eigenvalue weighted by molar-refractivity contribution is 7.80. The van der Waals surface area contributed by atoms with Crippen LogP contribution in [0.4, 0.5) is 5.69 Å². The molecule has 1 aliphatic rings. The molecule has 0 atom stereocenters. The number of benzene rings is 1. The first-order valence-electron chi connectivity index (χ1n) is 6.16. The molecule has 0 amide bonds. The lowest BCUT2D eigenvalue weighted by atomic mass is 10.3. The van der Waals surface area contributed by atoms with Crippen molar-refractivity contribution in [2.45, 2.75) is 6.54 Å². The first-order valence-corrected chi connectivity index (χ1v) is 6.56. The summed E-state index contributed by atoms with van der Waals surface area (Å²) in [6, 6.07) is 11.4. The number of nitrogens with one attached hydrogen (secondary N) is 2. The van der Waals surface area contributed by atoms with Crippen LogP contribution in [0.25, 0.3) is 0 Å². The van der Waals surface area contributed by atoms with Crippen LogP contribution in [0.15, 0.2) is 42.6 Å². The Morgan fingerprint density at radius 1 is 1.20 bits per heavy atom. The Kier molecular flexibility index (Phi) is 3.64. The average Bonchev–Trinajstić information content (AvgIpc) is 2.94. The van der Waals surface area contributed by atoms with Crippen molar-refractivity contribution in [2.75, 3.05) is 12.1 Å². The van der Waals surface area contributed by atoms with Crippen LogP contribution in [0, 0.1) is 0 Å². The fourth-order valence-electron chi connectivity index (χ4n) is 1.82. The summed E-state index contributed by atoms with van der Waals surface area (Å²) < 4.78 is 10.6. The van der Waals surface area contributed by atoms with E-state index in [1.807, 2.05) is 36.4 Å². The number of thiocarbonyl (C=S) groups is 1. The minimum atomic E-state index is 0.265. The number of anilines is 1. The van der Waals surface area contributed by atoms with Crippen LogP contribution in [0.1, 0.15) is 5.69 Å². The van der Waals surface area contributed by atoms with Gasteiger partial charge in [0.1, 0.15) is 0 Å². The smallest absolute Gasteiger partial charge is 0.231 e. The zero-order chi connectivity index (χ0) is 13.8. The molecule has 2 aromatic rings. The van der Waals surface area contributed by atoms with Gasteiger partial charge in [-0.15, -0.1) is 0 Å². The molecule has 0 aliphatic carbocycles. The highest BCUT2D eigenvalue weighted by Crippen LogP contribution is 2.34. The number of pyridine rings is 1. The van der Waals surface area contributed by atoms with Crippen molar-refractivity contribution in [1.29, 1.82) is 0 Å². The molecule has 0 unspecified atom stereocenters. The predicted octanol–water partition coefficient (Wildman–Crippen LogP) is 2.30. The SMILES string of the molecule is S=C(NCc1ccccn1)Nc1ccc2c(c1)OCO2. The van der Waals surface area contributed by atoms with Gasteiger partial charge in [-0.2, -0.15) is 0 Å². The van der Waals surface area contributed by atoms with Crippen molar-refractivity contribution in [2.24, 2.45) is 0 Å². The number of nitrogens with zero attached hydrogens (tertiary/aromatic N) is 1. The maximum Gasteiger partial charge on any atom is 0.231 e. The summed E-state index contributed by atoms with van der Waals surface area (Å²) in [5, 5.41) is 6.74. The minimum absolute atomic E-state index is 0.265. The first-order chi connectivity index (χ1) is 9.81. The van der Waals surface area contributed by atoms with Gasteiger partial charge in [0.2, 0.25) is 6.79 Å². The van der Waals surface area contributed by atoms with Crippen molar-refractivity contribution >= 4 is 23.0 Å². The fraction of sp³-hybridized carbons (Fsp3) is 0.143. The number of aromatic nitrogens is 1. The second-order valence-electron chi connectivity index (χ2n) is 4.20. The van der Waals surface area contributed by atoms with Crippen molar-refractivity contribution in [3.8, 4) is 11.5 Å². The highest BCUT2D eigenvalue weighted by Gasteiger charge is 2.13. The summed E-state index contributed by atoms with van der Waals surface area (Å²) in [5.41, 5.74) is 1.79. The van der Waals surface area contributed by atoms with E-state index in [1.165, 1.54) is 0 Å². The van der Waals surface area contributed by atoms with Gasteiger partial charge in [-0.1, -0.05) is 6.07 Å². The quantitative estimate of drug-likeness (QED) is 0.845. The van der Waals surface area contributed by atoms with Crippen LogP contribution in [0.3, 0.4) is 0 Å². The van der Waals surface area contributed by atoms with Gasteiger partial charge in [-0.05, 0) is 36.5 Å². The van der Waals surface area contributed by atoms with Crippen LogP contribution in [-0.4, -0.2) is 16.9 Å². The molecule has 0 saturated heterocycles. The number of hydrogen-bond acceptors (Lipinski definition) is 4. The van der Waals surface area contributed by atoms with Crippen LogP contribution >= 0.6 is 12.2 Å². The summed E-state index contributed by atoms with van der Waals surface area (Å²) in [7, 11) is 0. The second-order valence-corrected chi connectivity index (χ2v) is 4.61. The van der Waals surface area contributed by atoms with Crippen LogP contribution in [0.5, 0.6) is 11.5 Å². The highest BCUT2D eigenvalue weighted by atomic mass is 32.1. The Bertz CT molecular complexity index is 619. The summed E-state index contributed by atoms with van der Waals surface area (Å²) in [4.78, 5) is 4.22. The Morgan fingerprint density at radius 3 is 2.95 bits per heavy atom. The van der Waals surface area contributed by atoms with E-state index < -0.39 is 0 Å².